The van der Waals surface area contributed by atoms with Gasteiger partial charge in [-0.1, -0.05) is 49.6 Å². The van der Waals surface area contributed by atoms with Crippen molar-refractivity contribution in [1.29, 1.82) is 0 Å². The zero-order chi connectivity index (χ0) is 18.5. The Morgan fingerprint density at radius 2 is 1.88 bits per heavy atom. The van der Waals surface area contributed by atoms with Gasteiger partial charge in [-0.05, 0) is 18.4 Å². The van der Waals surface area contributed by atoms with Gasteiger partial charge in [-0.25, -0.2) is 4.79 Å². The molecule has 1 saturated carbocycles. The summed E-state index contributed by atoms with van der Waals surface area (Å²) in [4.78, 5) is 39.0. The molecule has 1 unspecified atom stereocenters. The smallest absolute Gasteiger partial charge is 0.325 e. The van der Waals surface area contributed by atoms with Crippen LogP contribution in [-0.4, -0.2) is 58.4 Å². The molecule has 1 aromatic rings. The van der Waals surface area contributed by atoms with E-state index in [0.29, 0.717) is 0 Å². The second-order valence-electron chi connectivity index (χ2n) is 6.90. The fraction of sp³-hybridized carbons (Fsp3) is 0.526. The van der Waals surface area contributed by atoms with Crippen molar-refractivity contribution in [1.82, 2.24) is 15.1 Å². The Hall–Kier alpha value is -2.41. The lowest BCUT2D eigenvalue weighted by Crippen LogP contribution is -2.49. The van der Waals surface area contributed by atoms with Crippen LogP contribution < -0.4 is 5.32 Å². The first kappa shape index (κ1) is 18.4. The largest absolute Gasteiger partial charge is 0.387 e. The predicted octanol–water partition coefficient (Wildman–Crippen LogP) is 1.43. The van der Waals surface area contributed by atoms with Gasteiger partial charge in [0.05, 0.1) is 19.2 Å². The summed E-state index contributed by atoms with van der Waals surface area (Å²) in [7, 11) is 0. The molecular formula is C19H25N3O4. The number of nitrogens with zero attached hydrogens (tertiary/aromatic N) is 2. The topological polar surface area (TPSA) is 90.0 Å². The van der Waals surface area contributed by atoms with Gasteiger partial charge < -0.3 is 15.3 Å². The molecule has 3 rings (SSSR count). The maximum atomic E-state index is 12.9. The second-order valence-corrected chi connectivity index (χ2v) is 6.90. The fourth-order valence-electron chi connectivity index (χ4n) is 3.66. The average Bonchev–Trinajstić information content (AvgIpc) is 2.99. The molecule has 2 N–H and O–H groups in total. The summed E-state index contributed by atoms with van der Waals surface area (Å²) in [5.74, 6) is -0.687. The number of aliphatic hydroxyl groups excluding tert-OH is 1. The van der Waals surface area contributed by atoms with Crippen LogP contribution in [0.25, 0.3) is 0 Å². The number of carbonyl (C=O) groups excluding carboxylic acids is 3. The Kier molecular flexibility index (Phi) is 5.88. The minimum Gasteiger partial charge on any atom is -0.387 e. The van der Waals surface area contributed by atoms with Crippen LogP contribution in [0.3, 0.4) is 0 Å². The van der Waals surface area contributed by atoms with Crippen LogP contribution in [0.5, 0.6) is 0 Å². The first-order valence-corrected chi connectivity index (χ1v) is 9.17. The maximum Gasteiger partial charge on any atom is 0.325 e. The van der Waals surface area contributed by atoms with E-state index in [0.717, 1.165) is 42.6 Å². The third-order valence-electron chi connectivity index (χ3n) is 5.12. The van der Waals surface area contributed by atoms with Gasteiger partial charge in [-0.3, -0.25) is 14.5 Å². The number of benzene rings is 1. The van der Waals surface area contributed by atoms with Crippen molar-refractivity contribution >= 4 is 17.8 Å². The molecule has 2 aliphatic rings. The van der Waals surface area contributed by atoms with Crippen LogP contribution in [-0.2, 0) is 9.59 Å². The first-order valence-electron chi connectivity index (χ1n) is 9.17. The second kappa shape index (κ2) is 8.31. The monoisotopic (exact) mass is 359 g/mol. The Morgan fingerprint density at radius 1 is 1.19 bits per heavy atom. The summed E-state index contributed by atoms with van der Waals surface area (Å²) in [5, 5.41) is 13.0. The van der Waals surface area contributed by atoms with Crippen molar-refractivity contribution in [3.63, 3.8) is 0 Å². The lowest BCUT2D eigenvalue weighted by Gasteiger charge is -2.36. The lowest BCUT2D eigenvalue weighted by molar-refractivity contribution is -0.140. The Bertz CT molecular complexity index is 642. The summed E-state index contributed by atoms with van der Waals surface area (Å²) < 4.78 is 0. The summed E-state index contributed by atoms with van der Waals surface area (Å²) in [6, 6.07) is 8.72. The highest BCUT2D eigenvalue weighted by Crippen LogP contribution is 2.25. The highest BCUT2D eigenvalue weighted by molar-refractivity contribution is 6.04. The van der Waals surface area contributed by atoms with E-state index in [1.165, 1.54) is 0 Å². The van der Waals surface area contributed by atoms with Crippen LogP contribution in [0.1, 0.15) is 43.8 Å². The van der Waals surface area contributed by atoms with E-state index in [9.17, 15) is 19.5 Å². The number of hydrogen-bond donors (Lipinski definition) is 2. The molecule has 2 fully saturated rings. The number of hydrogen-bond acceptors (Lipinski definition) is 4. The van der Waals surface area contributed by atoms with Gasteiger partial charge in [0.2, 0.25) is 5.91 Å². The molecule has 0 radical (unpaired) electrons. The fourth-order valence-corrected chi connectivity index (χ4v) is 3.66. The quantitative estimate of drug-likeness (QED) is 0.752. The number of nitrogens with one attached hydrogen (secondary N) is 1. The molecule has 1 heterocycles. The van der Waals surface area contributed by atoms with Crippen LogP contribution in [0, 0.1) is 0 Å². The van der Waals surface area contributed by atoms with E-state index < -0.39 is 18.0 Å². The summed E-state index contributed by atoms with van der Waals surface area (Å²) >= 11 is 0. The summed E-state index contributed by atoms with van der Waals surface area (Å²) in [6.45, 7) is -0.179. The minimum absolute atomic E-state index is 0.0374. The third-order valence-corrected chi connectivity index (χ3v) is 5.12. The van der Waals surface area contributed by atoms with Gasteiger partial charge in [-0.15, -0.1) is 0 Å². The molecule has 0 spiro atoms. The van der Waals surface area contributed by atoms with Crippen LogP contribution >= 0.6 is 0 Å². The van der Waals surface area contributed by atoms with E-state index in [2.05, 4.69) is 5.32 Å². The average molecular weight is 359 g/mol. The Balaban J connectivity index is 1.73. The van der Waals surface area contributed by atoms with E-state index in [-0.39, 0.29) is 31.6 Å². The molecule has 1 aliphatic heterocycles. The summed E-state index contributed by atoms with van der Waals surface area (Å²) in [5.41, 5.74) is 0.746. The van der Waals surface area contributed by atoms with E-state index >= 15 is 0 Å². The molecule has 0 bridgehead atoms. The number of urea groups is 1. The van der Waals surface area contributed by atoms with Crippen molar-refractivity contribution in [3.8, 4) is 0 Å². The molecule has 7 nitrogen and oxygen atoms in total. The number of imide groups is 1. The molecule has 1 aliphatic carbocycles. The number of rotatable bonds is 6. The van der Waals surface area contributed by atoms with Gasteiger partial charge in [0.15, 0.2) is 0 Å². The molecule has 0 aromatic heterocycles. The van der Waals surface area contributed by atoms with Gasteiger partial charge in [0.1, 0.15) is 6.54 Å². The number of carbonyl (C=O) groups is 3. The molecule has 140 valence electrons. The van der Waals surface area contributed by atoms with Crippen molar-refractivity contribution in [2.45, 2.75) is 44.2 Å². The third kappa shape index (κ3) is 4.22. The normalized spacial score (nSPS) is 19.3. The molecule has 7 heteroatoms. The molecular weight excluding hydrogens is 334 g/mol. The van der Waals surface area contributed by atoms with Crippen LogP contribution in [0.4, 0.5) is 4.79 Å². The molecule has 26 heavy (non-hydrogen) atoms. The van der Waals surface area contributed by atoms with Crippen molar-refractivity contribution < 1.29 is 19.5 Å². The molecule has 1 saturated heterocycles. The lowest BCUT2D eigenvalue weighted by atomic mass is 9.93. The predicted molar refractivity (Wildman–Crippen MR) is 95.1 cm³/mol. The Morgan fingerprint density at radius 3 is 2.50 bits per heavy atom. The molecule has 4 amide bonds. The molecule has 1 aromatic carbocycles. The zero-order valence-electron chi connectivity index (χ0n) is 14.8. The zero-order valence-corrected chi connectivity index (χ0v) is 14.8. The van der Waals surface area contributed by atoms with Crippen LogP contribution in [0.2, 0.25) is 0 Å². The van der Waals surface area contributed by atoms with Gasteiger partial charge in [0.25, 0.3) is 5.91 Å². The van der Waals surface area contributed by atoms with Gasteiger partial charge in [-0.2, -0.15) is 0 Å². The number of aliphatic hydroxyl groups is 1. The Labute approximate surface area is 153 Å². The van der Waals surface area contributed by atoms with Crippen molar-refractivity contribution in [3.05, 3.63) is 35.9 Å². The highest BCUT2D eigenvalue weighted by atomic mass is 16.3. The van der Waals surface area contributed by atoms with Crippen LogP contribution in [0.15, 0.2) is 30.3 Å². The van der Waals surface area contributed by atoms with Gasteiger partial charge >= 0.3 is 6.03 Å². The summed E-state index contributed by atoms with van der Waals surface area (Å²) in [6.07, 6.45) is 4.19. The standard InChI is InChI=1S/C19H25N3O4/c23-16(14-7-3-1-4-8-14)12-21(15-9-5-2-6-10-15)18(25)13-22-17(24)11-20-19(22)26/h1,3-4,7-8,15-16,23H,2,5-6,9-13H2,(H,20,26). The van der Waals surface area contributed by atoms with E-state index in [1.54, 1.807) is 4.90 Å². The van der Waals surface area contributed by atoms with Gasteiger partial charge in [0, 0.05) is 6.04 Å². The minimum atomic E-state index is -0.801. The SMILES string of the molecule is O=C1CNC(=O)N1CC(=O)N(CC(O)c1ccccc1)C1CCCCC1. The molecule has 1 atom stereocenters. The maximum absolute atomic E-state index is 12.9. The first-order chi connectivity index (χ1) is 12.6. The number of amides is 4. The van der Waals surface area contributed by atoms with E-state index in [4.69, 9.17) is 0 Å². The van der Waals surface area contributed by atoms with E-state index in [1.807, 2.05) is 30.3 Å². The van der Waals surface area contributed by atoms with Crippen molar-refractivity contribution in [2.24, 2.45) is 0 Å². The highest BCUT2D eigenvalue weighted by Gasteiger charge is 2.34. The van der Waals surface area contributed by atoms with Crippen molar-refractivity contribution in [2.75, 3.05) is 19.6 Å².